The monoisotopic (exact) mass is 362 g/mol. The zero-order valence-electron chi connectivity index (χ0n) is 15.2. The van der Waals surface area contributed by atoms with Crippen LogP contribution in [-0.4, -0.2) is 23.4 Å². The first-order valence-electron chi connectivity index (χ1n) is 9.17. The van der Waals surface area contributed by atoms with Crippen LogP contribution in [0.5, 0.6) is 0 Å². The third kappa shape index (κ3) is 6.13. The summed E-state index contributed by atoms with van der Waals surface area (Å²) in [6.45, 7) is 1.23. The van der Waals surface area contributed by atoms with Crippen LogP contribution in [0.25, 0.3) is 0 Å². The van der Waals surface area contributed by atoms with E-state index in [9.17, 15) is 19.7 Å². The van der Waals surface area contributed by atoms with Gasteiger partial charge in [-0.2, -0.15) is 0 Å². The van der Waals surface area contributed by atoms with Crippen molar-refractivity contribution in [2.75, 3.05) is 11.9 Å². The molecule has 1 aromatic rings. The van der Waals surface area contributed by atoms with Crippen LogP contribution in [0.2, 0.25) is 0 Å². The van der Waals surface area contributed by atoms with Crippen LogP contribution in [0.3, 0.4) is 0 Å². The van der Waals surface area contributed by atoms with Gasteiger partial charge in [0, 0.05) is 12.5 Å². The molecule has 0 unspecified atom stereocenters. The van der Waals surface area contributed by atoms with E-state index >= 15 is 0 Å². The largest absolute Gasteiger partial charge is 0.456 e. The molecule has 0 radical (unpaired) electrons. The lowest BCUT2D eigenvalue weighted by Gasteiger charge is -2.20. The third-order valence-electron chi connectivity index (χ3n) is 4.79. The molecule has 7 nitrogen and oxygen atoms in total. The van der Waals surface area contributed by atoms with Gasteiger partial charge in [-0.05, 0) is 31.2 Å². The molecule has 0 saturated heterocycles. The fraction of sp³-hybridized carbons (Fsp3) is 0.579. The molecule has 1 amide bonds. The summed E-state index contributed by atoms with van der Waals surface area (Å²) < 4.78 is 4.98. The number of ether oxygens (including phenoxy) is 1. The molecule has 0 aliphatic heterocycles. The molecule has 0 aromatic heterocycles. The Kier molecular flexibility index (Phi) is 7.56. The Morgan fingerprint density at radius 2 is 2.00 bits per heavy atom. The zero-order chi connectivity index (χ0) is 18.9. The number of amides is 1. The maximum absolute atomic E-state index is 12.0. The molecule has 2 rings (SSSR count). The van der Waals surface area contributed by atoms with Crippen molar-refractivity contribution in [1.29, 1.82) is 0 Å². The minimum atomic E-state index is -0.581. The first kappa shape index (κ1) is 19.9. The topological polar surface area (TPSA) is 98.5 Å². The third-order valence-corrected chi connectivity index (χ3v) is 4.79. The second-order valence-corrected chi connectivity index (χ2v) is 6.83. The summed E-state index contributed by atoms with van der Waals surface area (Å²) in [5.41, 5.74) is 0.527. The van der Waals surface area contributed by atoms with Gasteiger partial charge in [-0.3, -0.25) is 19.7 Å². The van der Waals surface area contributed by atoms with Gasteiger partial charge in [-0.25, -0.2) is 0 Å². The maximum atomic E-state index is 12.0. The Morgan fingerprint density at radius 3 is 2.69 bits per heavy atom. The normalized spacial score (nSPS) is 14.7. The zero-order valence-corrected chi connectivity index (χ0v) is 15.2. The van der Waals surface area contributed by atoms with E-state index in [-0.39, 0.29) is 11.4 Å². The van der Waals surface area contributed by atoms with Crippen molar-refractivity contribution in [1.82, 2.24) is 0 Å². The number of anilines is 1. The highest BCUT2D eigenvalue weighted by Crippen LogP contribution is 2.28. The molecule has 0 heterocycles. The maximum Gasteiger partial charge on any atom is 0.306 e. The molecule has 26 heavy (non-hydrogen) atoms. The Bertz CT molecular complexity index is 653. The number of benzene rings is 1. The molecule has 0 atom stereocenters. The van der Waals surface area contributed by atoms with Crippen molar-refractivity contribution in [3.8, 4) is 0 Å². The van der Waals surface area contributed by atoms with Gasteiger partial charge in [0.25, 0.3) is 11.6 Å². The quantitative estimate of drug-likeness (QED) is 0.426. The van der Waals surface area contributed by atoms with E-state index in [1.54, 1.807) is 19.1 Å². The molecule has 0 bridgehead atoms. The van der Waals surface area contributed by atoms with Gasteiger partial charge in [-0.15, -0.1) is 0 Å². The standard InChI is InChI=1S/C19H26N2O5/c1-14-7-5-11-16(21(24)25)19(14)20-17(22)13-26-18(23)12-6-10-15-8-3-2-4-9-15/h5,7,11,15H,2-4,6,8-10,12-13H2,1H3,(H,20,22). The lowest BCUT2D eigenvalue weighted by atomic mass is 9.86. The molecule has 0 spiro atoms. The number of hydrogen-bond acceptors (Lipinski definition) is 5. The van der Waals surface area contributed by atoms with Crippen molar-refractivity contribution in [2.24, 2.45) is 5.92 Å². The predicted molar refractivity (Wildman–Crippen MR) is 97.8 cm³/mol. The Labute approximate surface area is 153 Å². The smallest absolute Gasteiger partial charge is 0.306 e. The highest BCUT2D eigenvalue weighted by molar-refractivity contribution is 5.95. The van der Waals surface area contributed by atoms with E-state index in [4.69, 9.17) is 4.74 Å². The van der Waals surface area contributed by atoms with Crippen molar-refractivity contribution in [2.45, 2.75) is 58.3 Å². The summed E-state index contributed by atoms with van der Waals surface area (Å²) in [5.74, 6) is -0.278. The fourth-order valence-corrected chi connectivity index (χ4v) is 3.37. The van der Waals surface area contributed by atoms with Crippen LogP contribution in [-0.2, 0) is 14.3 Å². The number of para-hydroxylation sites is 1. The first-order chi connectivity index (χ1) is 12.5. The number of nitrogens with one attached hydrogen (secondary N) is 1. The van der Waals surface area contributed by atoms with E-state index in [1.807, 2.05) is 0 Å². The first-order valence-corrected chi connectivity index (χ1v) is 9.17. The Morgan fingerprint density at radius 1 is 1.27 bits per heavy atom. The predicted octanol–water partition coefficient (Wildman–Crippen LogP) is 4.14. The molecule has 1 aliphatic rings. The lowest BCUT2D eigenvalue weighted by molar-refractivity contribution is -0.384. The highest BCUT2D eigenvalue weighted by Gasteiger charge is 2.19. The number of esters is 1. The average molecular weight is 362 g/mol. The number of rotatable bonds is 8. The summed E-state index contributed by atoms with van der Waals surface area (Å²) in [5, 5.41) is 13.5. The van der Waals surface area contributed by atoms with Crippen LogP contribution in [0.1, 0.15) is 56.9 Å². The van der Waals surface area contributed by atoms with Gasteiger partial charge < -0.3 is 10.1 Å². The van der Waals surface area contributed by atoms with E-state index in [1.165, 1.54) is 38.2 Å². The fourth-order valence-electron chi connectivity index (χ4n) is 3.37. The second kappa shape index (κ2) is 9.89. The van der Waals surface area contributed by atoms with Crippen molar-refractivity contribution in [3.05, 3.63) is 33.9 Å². The molecule has 1 N–H and O–H groups in total. The molecular weight excluding hydrogens is 336 g/mol. The van der Waals surface area contributed by atoms with Gasteiger partial charge in [-0.1, -0.05) is 44.2 Å². The Balaban J connectivity index is 1.73. The molecule has 1 fully saturated rings. The van der Waals surface area contributed by atoms with Gasteiger partial charge in [0.15, 0.2) is 6.61 Å². The summed E-state index contributed by atoms with van der Waals surface area (Å²) in [4.78, 5) is 34.2. The number of hydrogen-bond donors (Lipinski definition) is 1. The van der Waals surface area contributed by atoms with E-state index in [2.05, 4.69) is 5.32 Å². The minimum absolute atomic E-state index is 0.135. The number of aryl methyl sites for hydroxylation is 1. The van der Waals surface area contributed by atoms with Crippen LogP contribution in [0.15, 0.2) is 18.2 Å². The van der Waals surface area contributed by atoms with E-state index < -0.39 is 23.4 Å². The SMILES string of the molecule is Cc1cccc([N+](=O)[O-])c1NC(=O)COC(=O)CCCC1CCCCC1. The van der Waals surface area contributed by atoms with Gasteiger partial charge in [0.2, 0.25) is 0 Å². The van der Waals surface area contributed by atoms with Gasteiger partial charge >= 0.3 is 5.97 Å². The van der Waals surface area contributed by atoms with Gasteiger partial charge in [0.05, 0.1) is 4.92 Å². The number of nitro groups is 1. The van der Waals surface area contributed by atoms with Crippen LogP contribution in [0, 0.1) is 23.0 Å². The van der Waals surface area contributed by atoms with Crippen molar-refractivity contribution in [3.63, 3.8) is 0 Å². The number of carbonyl (C=O) groups excluding carboxylic acids is 2. The second-order valence-electron chi connectivity index (χ2n) is 6.83. The molecule has 1 aromatic carbocycles. The van der Waals surface area contributed by atoms with E-state index in [0.29, 0.717) is 17.9 Å². The van der Waals surface area contributed by atoms with Crippen LogP contribution < -0.4 is 5.32 Å². The summed E-state index contributed by atoms with van der Waals surface area (Å²) >= 11 is 0. The average Bonchev–Trinajstić information content (AvgIpc) is 2.62. The molecule has 1 saturated carbocycles. The summed E-state index contributed by atoms with van der Waals surface area (Å²) in [7, 11) is 0. The number of nitro benzene ring substituents is 1. The van der Waals surface area contributed by atoms with Crippen molar-refractivity contribution >= 4 is 23.3 Å². The highest BCUT2D eigenvalue weighted by atomic mass is 16.6. The van der Waals surface area contributed by atoms with Crippen molar-refractivity contribution < 1.29 is 19.2 Å². The lowest BCUT2D eigenvalue weighted by Crippen LogP contribution is -2.22. The molecular formula is C19H26N2O5. The Hall–Kier alpha value is -2.44. The van der Waals surface area contributed by atoms with E-state index in [0.717, 1.165) is 12.8 Å². The summed E-state index contributed by atoms with van der Waals surface area (Å²) in [6, 6.07) is 4.54. The molecule has 7 heteroatoms. The van der Waals surface area contributed by atoms with Crippen LogP contribution in [0.4, 0.5) is 11.4 Å². The molecule has 1 aliphatic carbocycles. The number of nitrogens with zero attached hydrogens (tertiary/aromatic N) is 1. The van der Waals surface area contributed by atoms with Crippen LogP contribution >= 0.6 is 0 Å². The summed E-state index contributed by atoms with van der Waals surface area (Å²) in [6.07, 6.45) is 8.45. The minimum Gasteiger partial charge on any atom is -0.456 e. The van der Waals surface area contributed by atoms with Gasteiger partial charge in [0.1, 0.15) is 5.69 Å². The number of carbonyl (C=O) groups is 2. The molecule has 142 valence electrons.